The molecule has 34 heavy (non-hydrogen) atoms. The molecule has 1 aliphatic heterocycles. The molecule has 182 valence electrons. The van der Waals surface area contributed by atoms with Gasteiger partial charge < -0.3 is 15.2 Å². The standard InChI is InChI=1S/C25H31N5OS.C2H6/c1-32-14-13-30-11-9-18(10-12-30)20-7-8-23(22(15-20)19-5-3-2-4-6-19)29-25(31)24-27-17-21(16-26)28-24;1-2/h5,7-8,15,17-18H,2-4,6,9-14H2,1H3,(H,27,28)(H,29,31);1-2H3. The number of likely N-dealkylation sites (tertiary alicyclic amines) is 1. The summed E-state index contributed by atoms with van der Waals surface area (Å²) >= 11 is 1.91. The highest BCUT2D eigenvalue weighted by Gasteiger charge is 2.23. The van der Waals surface area contributed by atoms with Crippen LogP contribution in [0.1, 0.15) is 85.7 Å². The van der Waals surface area contributed by atoms with E-state index in [2.05, 4.69) is 44.6 Å². The number of nitrogens with one attached hydrogen (secondary N) is 2. The van der Waals surface area contributed by atoms with Crippen LogP contribution in [0.25, 0.3) is 5.57 Å². The lowest BCUT2D eigenvalue weighted by atomic mass is 9.85. The van der Waals surface area contributed by atoms with Crippen molar-refractivity contribution in [1.82, 2.24) is 14.9 Å². The molecule has 2 heterocycles. The lowest BCUT2D eigenvalue weighted by molar-refractivity contribution is 0.101. The number of carbonyl (C=O) groups is 1. The third-order valence-electron chi connectivity index (χ3n) is 6.51. The molecule has 0 bridgehead atoms. The van der Waals surface area contributed by atoms with Crippen molar-refractivity contribution in [3.63, 3.8) is 0 Å². The van der Waals surface area contributed by atoms with Gasteiger partial charge in [0.05, 0.1) is 6.20 Å². The van der Waals surface area contributed by atoms with Crippen molar-refractivity contribution in [2.75, 3.05) is 37.0 Å². The first kappa shape index (κ1) is 26.1. The number of nitriles is 1. The van der Waals surface area contributed by atoms with Gasteiger partial charge in [0, 0.05) is 23.5 Å². The number of aromatic nitrogens is 2. The second kappa shape index (κ2) is 13.4. The number of imidazole rings is 1. The molecule has 0 unspecified atom stereocenters. The van der Waals surface area contributed by atoms with Crippen molar-refractivity contribution in [2.45, 2.75) is 58.3 Å². The number of nitrogens with zero attached hydrogens (tertiary/aromatic N) is 3. The van der Waals surface area contributed by atoms with Gasteiger partial charge in [-0.15, -0.1) is 0 Å². The van der Waals surface area contributed by atoms with Gasteiger partial charge in [0.15, 0.2) is 5.82 Å². The molecule has 1 saturated heterocycles. The Labute approximate surface area is 208 Å². The maximum Gasteiger partial charge on any atom is 0.291 e. The number of H-pyrrole nitrogens is 1. The molecular formula is C27H37N5OS. The fraction of sp³-hybridized carbons (Fsp3) is 0.519. The molecule has 2 N–H and O–H groups in total. The number of hydrogen-bond donors (Lipinski definition) is 2. The Kier molecular flexibility index (Phi) is 10.2. The summed E-state index contributed by atoms with van der Waals surface area (Å²) < 4.78 is 0. The van der Waals surface area contributed by atoms with Crippen molar-refractivity contribution in [3.05, 3.63) is 53.1 Å². The van der Waals surface area contributed by atoms with Crippen LogP contribution in [0.4, 0.5) is 5.69 Å². The van der Waals surface area contributed by atoms with Crippen LogP contribution in [0.5, 0.6) is 0 Å². The van der Waals surface area contributed by atoms with E-state index < -0.39 is 0 Å². The van der Waals surface area contributed by atoms with Crippen molar-refractivity contribution in [1.29, 1.82) is 5.26 Å². The Morgan fingerprint density at radius 3 is 2.74 bits per heavy atom. The van der Waals surface area contributed by atoms with Crippen LogP contribution in [-0.2, 0) is 0 Å². The molecular weight excluding hydrogens is 442 g/mol. The number of anilines is 1. The zero-order valence-electron chi connectivity index (χ0n) is 20.7. The minimum Gasteiger partial charge on any atom is -0.326 e. The second-order valence-corrected chi connectivity index (χ2v) is 9.59. The lowest BCUT2D eigenvalue weighted by Gasteiger charge is -2.32. The maximum atomic E-state index is 12.7. The minimum absolute atomic E-state index is 0.159. The van der Waals surface area contributed by atoms with Crippen LogP contribution in [0.2, 0.25) is 0 Å². The Morgan fingerprint density at radius 1 is 1.29 bits per heavy atom. The number of hydrogen-bond acceptors (Lipinski definition) is 5. The van der Waals surface area contributed by atoms with Crippen molar-refractivity contribution >= 4 is 28.9 Å². The van der Waals surface area contributed by atoms with Gasteiger partial charge in [-0.3, -0.25) is 4.79 Å². The summed E-state index contributed by atoms with van der Waals surface area (Å²) in [6.45, 7) is 7.49. The molecule has 4 rings (SSSR count). The highest BCUT2D eigenvalue weighted by atomic mass is 32.2. The average Bonchev–Trinajstić information content (AvgIpc) is 3.39. The molecule has 0 atom stereocenters. The van der Waals surface area contributed by atoms with E-state index in [0.29, 0.717) is 5.92 Å². The number of piperidine rings is 1. The lowest BCUT2D eigenvalue weighted by Crippen LogP contribution is -2.34. The van der Waals surface area contributed by atoms with Gasteiger partial charge in [-0.05, 0) is 87.1 Å². The predicted molar refractivity (Wildman–Crippen MR) is 142 cm³/mol. The van der Waals surface area contributed by atoms with E-state index in [9.17, 15) is 4.79 Å². The molecule has 1 aliphatic carbocycles. The van der Waals surface area contributed by atoms with E-state index in [1.54, 1.807) is 0 Å². The van der Waals surface area contributed by atoms with Crippen LogP contribution >= 0.6 is 11.8 Å². The molecule has 1 amide bonds. The summed E-state index contributed by atoms with van der Waals surface area (Å²) in [5.41, 5.74) is 4.93. The molecule has 2 aromatic rings. The summed E-state index contributed by atoms with van der Waals surface area (Å²) in [4.78, 5) is 22.1. The van der Waals surface area contributed by atoms with Crippen molar-refractivity contribution in [3.8, 4) is 6.07 Å². The van der Waals surface area contributed by atoms with E-state index in [4.69, 9.17) is 5.26 Å². The van der Waals surface area contributed by atoms with E-state index in [1.165, 1.54) is 55.3 Å². The third kappa shape index (κ3) is 6.74. The molecule has 2 aliphatic rings. The van der Waals surface area contributed by atoms with E-state index in [0.717, 1.165) is 37.2 Å². The minimum atomic E-state index is -0.320. The third-order valence-corrected chi connectivity index (χ3v) is 7.10. The second-order valence-electron chi connectivity index (χ2n) is 8.60. The highest BCUT2D eigenvalue weighted by molar-refractivity contribution is 7.98. The molecule has 0 spiro atoms. The number of carbonyl (C=O) groups excluding carboxylic acids is 1. The SMILES string of the molecule is CC.CSCCN1CCC(c2ccc(NC(=O)c3ncc(C#N)[nH]3)c(C3=CCCCC3)c2)CC1. The Morgan fingerprint density at radius 2 is 2.09 bits per heavy atom. The number of benzene rings is 1. The summed E-state index contributed by atoms with van der Waals surface area (Å²) in [5.74, 6) is 1.60. The van der Waals surface area contributed by atoms with Crippen LogP contribution in [0.15, 0.2) is 30.5 Å². The number of allylic oxidation sites excluding steroid dienone is 2. The molecule has 6 nitrogen and oxygen atoms in total. The topological polar surface area (TPSA) is 84.8 Å². The van der Waals surface area contributed by atoms with Gasteiger partial charge in [-0.1, -0.05) is 26.0 Å². The van der Waals surface area contributed by atoms with Crippen LogP contribution < -0.4 is 5.32 Å². The summed E-state index contributed by atoms with van der Waals surface area (Å²) in [6.07, 6.45) is 12.8. The number of thioether (sulfide) groups is 1. The zero-order chi connectivity index (χ0) is 24.3. The van der Waals surface area contributed by atoms with E-state index >= 15 is 0 Å². The fourth-order valence-corrected chi connectivity index (χ4v) is 5.10. The van der Waals surface area contributed by atoms with Gasteiger partial charge in [0.2, 0.25) is 0 Å². The fourth-order valence-electron chi connectivity index (χ4n) is 4.66. The zero-order valence-corrected chi connectivity index (χ0v) is 21.5. The van der Waals surface area contributed by atoms with E-state index in [-0.39, 0.29) is 17.4 Å². The number of rotatable bonds is 7. The van der Waals surface area contributed by atoms with Crippen molar-refractivity contribution in [2.24, 2.45) is 0 Å². The summed E-state index contributed by atoms with van der Waals surface area (Å²) in [6, 6.07) is 8.50. The molecule has 0 saturated carbocycles. The molecule has 1 aromatic carbocycles. The summed E-state index contributed by atoms with van der Waals surface area (Å²) in [7, 11) is 0. The average molecular weight is 480 g/mol. The maximum absolute atomic E-state index is 12.7. The van der Waals surface area contributed by atoms with Gasteiger partial charge in [0.1, 0.15) is 11.8 Å². The monoisotopic (exact) mass is 479 g/mol. The summed E-state index contributed by atoms with van der Waals surface area (Å²) in [5, 5.41) is 12.0. The highest BCUT2D eigenvalue weighted by Crippen LogP contribution is 2.36. The Hall–Kier alpha value is -2.56. The Balaban J connectivity index is 0.00000158. The molecule has 0 radical (unpaired) electrons. The van der Waals surface area contributed by atoms with Gasteiger partial charge in [0.25, 0.3) is 5.91 Å². The van der Waals surface area contributed by atoms with E-state index in [1.807, 2.05) is 37.7 Å². The van der Waals surface area contributed by atoms with Crippen LogP contribution in [0, 0.1) is 11.3 Å². The van der Waals surface area contributed by atoms with Gasteiger partial charge in [-0.25, -0.2) is 4.98 Å². The van der Waals surface area contributed by atoms with Crippen molar-refractivity contribution < 1.29 is 4.79 Å². The molecule has 1 aromatic heterocycles. The number of aromatic amines is 1. The van der Waals surface area contributed by atoms with Gasteiger partial charge in [-0.2, -0.15) is 17.0 Å². The predicted octanol–water partition coefficient (Wildman–Crippen LogP) is 6.06. The van der Waals surface area contributed by atoms with Crippen LogP contribution in [0.3, 0.4) is 0 Å². The molecule has 7 heteroatoms. The smallest absolute Gasteiger partial charge is 0.291 e. The first-order chi connectivity index (χ1) is 16.7. The Bertz CT molecular complexity index is 1010. The number of amides is 1. The molecule has 1 fully saturated rings. The van der Waals surface area contributed by atoms with Gasteiger partial charge >= 0.3 is 0 Å². The first-order valence-electron chi connectivity index (χ1n) is 12.5. The quantitative estimate of drug-likeness (QED) is 0.504. The first-order valence-corrected chi connectivity index (χ1v) is 13.9. The van der Waals surface area contributed by atoms with Crippen LogP contribution in [-0.4, -0.2) is 52.4 Å². The normalized spacial score (nSPS) is 16.7. The largest absolute Gasteiger partial charge is 0.326 e.